The standard InChI is InChI=1S/C22H24N2O3S/c1-27-18-12-17-13-21(24-22(17)23-14-18)20(11-15-5-3-4-6-15)16-7-9-19(10-8-16)28(2,25)26/h7-15H,3-6H2,1-2H3,(H,23,24)/b20-11+. The van der Waals surface area contributed by atoms with E-state index < -0.39 is 9.84 Å². The second-order valence-electron chi connectivity index (χ2n) is 7.42. The van der Waals surface area contributed by atoms with Crippen molar-refractivity contribution >= 4 is 26.4 Å². The predicted molar refractivity (Wildman–Crippen MR) is 111 cm³/mol. The van der Waals surface area contributed by atoms with Crippen LogP contribution < -0.4 is 4.74 Å². The third kappa shape index (κ3) is 3.83. The van der Waals surface area contributed by atoms with Crippen LogP contribution in [0.5, 0.6) is 5.75 Å². The highest BCUT2D eigenvalue weighted by molar-refractivity contribution is 7.90. The minimum atomic E-state index is -3.21. The van der Waals surface area contributed by atoms with Crippen LogP contribution in [0.15, 0.2) is 53.6 Å². The Morgan fingerprint density at radius 3 is 2.54 bits per heavy atom. The molecule has 146 valence electrons. The van der Waals surface area contributed by atoms with Gasteiger partial charge < -0.3 is 9.72 Å². The number of hydrogen-bond donors (Lipinski definition) is 1. The molecule has 1 saturated carbocycles. The molecule has 0 saturated heterocycles. The highest BCUT2D eigenvalue weighted by atomic mass is 32.2. The zero-order chi connectivity index (χ0) is 19.7. The number of sulfone groups is 1. The fraction of sp³-hybridized carbons (Fsp3) is 0.318. The van der Waals surface area contributed by atoms with Gasteiger partial charge in [0, 0.05) is 22.9 Å². The number of H-pyrrole nitrogens is 1. The van der Waals surface area contributed by atoms with Crippen LogP contribution in [0.3, 0.4) is 0 Å². The van der Waals surface area contributed by atoms with E-state index in [0.717, 1.165) is 33.6 Å². The number of rotatable bonds is 5. The molecular formula is C22H24N2O3S. The van der Waals surface area contributed by atoms with Crippen LogP contribution >= 0.6 is 0 Å². The molecule has 1 aliphatic rings. The van der Waals surface area contributed by atoms with Gasteiger partial charge in [-0.05, 0) is 48.6 Å². The summed E-state index contributed by atoms with van der Waals surface area (Å²) in [5, 5.41) is 0.986. The summed E-state index contributed by atoms with van der Waals surface area (Å²) in [7, 11) is -1.58. The fourth-order valence-electron chi connectivity index (χ4n) is 3.83. The molecule has 0 aliphatic heterocycles. The quantitative estimate of drug-likeness (QED) is 0.684. The highest BCUT2D eigenvalue weighted by Gasteiger charge is 2.17. The van der Waals surface area contributed by atoms with E-state index in [-0.39, 0.29) is 0 Å². The van der Waals surface area contributed by atoms with Crippen molar-refractivity contribution in [3.8, 4) is 5.75 Å². The van der Waals surface area contributed by atoms with Gasteiger partial charge in [-0.25, -0.2) is 13.4 Å². The Labute approximate surface area is 165 Å². The average Bonchev–Trinajstić information content (AvgIpc) is 3.34. The smallest absolute Gasteiger partial charge is 0.175 e. The van der Waals surface area contributed by atoms with E-state index in [1.165, 1.54) is 31.9 Å². The van der Waals surface area contributed by atoms with Crippen LogP contribution in [0.1, 0.15) is 36.9 Å². The number of fused-ring (bicyclic) bond motifs is 1. The summed E-state index contributed by atoms with van der Waals surface area (Å²) < 4.78 is 28.9. The zero-order valence-corrected chi connectivity index (χ0v) is 16.9. The van der Waals surface area contributed by atoms with E-state index in [4.69, 9.17) is 4.74 Å². The molecule has 0 radical (unpaired) electrons. The number of benzene rings is 1. The molecule has 3 aromatic rings. The Bertz CT molecular complexity index is 1120. The lowest BCUT2D eigenvalue weighted by atomic mass is 9.96. The van der Waals surface area contributed by atoms with Crippen LogP contribution in [-0.2, 0) is 9.84 Å². The van der Waals surface area contributed by atoms with Crippen molar-refractivity contribution < 1.29 is 13.2 Å². The largest absolute Gasteiger partial charge is 0.495 e. The predicted octanol–water partition coefficient (Wildman–Crippen LogP) is 4.60. The monoisotopic (exact) mass is 396 g/mol. The van der Waals surface area contributed by atoms with Crippen LogP contribution in [0.2, 0.25) is 0 Å². The number of nitrogens with one attached hydrogen (secondary N) is 1. The molecule has 0 amide bonds. The SMILES string of the molecule is COc1cnc2[nH]c(/C(=C/C3CCCC3)c3ccc(S(C)(=O)=O)cc3)cc2c1. The number of nitrogens with zero attached hydrogens (tertiary/aromatic N) is 1. The van der Waals surface area contributed by atoms with Gasteiger partial charge in [0.2, 0.25) is 0 Å². The number of pyridine rings is 1. The third-order valence-corrected chi connectivity index (χ3v) is 6.50. The lowest BCUT2D eigenvalue weighted by Crippen LogP contribution is -1.98. The van der Waals surface area contributed by atoms with Crippen molar-refractivity contribution in [1.29, 1.82) is 0 Å². The molecule has 1 fully saturated rings. The first-order valence-electron chi connectivity index (χ1n) is 9.49. The van der Waals surface area contributed by atoms with Gasteiger partial charge in [0.1, 0.15) is 11.4 Å². The molecule has 5 nitrogen and oxygen atoms in total. The first-order valence-corrected chi connectivity index (χ1v) is 11.4. The summed E-state index contributed by atoms with van der Waals surface area (Å²) in [5.41, 5.74) is 3.87. The van der Waals surface area contributed by atoms with Crippen molar-refractivity contribution in [2.45, 2.75) is 30.6 Å². The Morgan fingerprint density at radius 2 is 1.89 bits per heavy atom. The van der Waals surface area contributed by atoms with Crippen molar-refractivity contribution in [3.63, 3.8) is 0 Å². The molecular weight excluding hydrogens is 372 g/mol. The summed E-state index contributed by atoms with van der Waals surface area (Å²) in [4.78, 5) is 8.18. The highest BCUT2D eigenvalue weighted by Crippen LogP contribution is 2.33. The van der Waals surface area contributed by atoms with Gasteiger partial charge in [-0.3, -0.25) is 0 Å². The summed E-state index contributed by atoms with van der Waals surface area (Å²) >= 11 is 0. The number of hydrogen-bond acceptors (Lipinski definition) is 4. The van der Waals surface area contributed by atoms with E-state index in [0.29, 0.717) is 10.8 Å². The number of aromatic amines is 1. The van der Waals surface area contributed by atoms with Gasteiger partial charge in [-0.1, -0.05) is 31.1 Å². The molecule has 4 rings (SSSR count). The van der Waals surface area contributed by atoms with Gasteiger partial charge in [-0.2, -0.15) is 0 Å². The minimum Gasteiger partial charge on any atom is -0.495 e. The number of ether oxygens (including phenoxy) is 1. The first kappa shape index (κ1) is 18.7. The lowest BCUT2D eigenvalue weighted by Gasteiger charge is -2.11. The topological polar surface area (TPSA) is 72.0 Å². The molecule has 2 heterocycles. The summed E-state index contributed by atoms with van der Waals surface area (Å²) in [5.74, 6) is 1.26. The third-order valence-electron chi connectivity index (χ3n) is 5.37. The molecule has 1 N–H and O–H groups in total. The van der Waals surface area contributed by atoms with Crippen molar-refractivity contribution in [3.05, 3.63) is 59.9 Å². The van der Waals surface area contributed by atoms with Crippen molar-refractivity contribution in [2.75, 3.05) is 13.4 Å². The molecule has 2 aromatic heterocycles. The lowest BCUT2D eigenvalue weighted by molar-refractivity contribution is 0.413. The van der Waals surface area contributed by atoms with Crippen LogP contribution in [0, 0.1) is 5.92 Å². The maximum atomic E-state index is 11.8. The van der Waals surface area contributed by atoms with Gasteiger partial charge in [0.25, 0.3) is 0 Å². The summed E-state index contributed by atoms with van der Waals surface area (Å²) in [6, 6.07) is 11.2. The van der Waals surface area contributed by atoms with Gasteiger partial charge in [0.15, 0.2) is 9.84 Å². The first-order chi connectivity index (χ1) is 13.4. The second kappa shape index (κ2) is 7.43. The minimum absolute atomic E-state index is 0.333. The molecule has 0 unspecified atom stereocenters. The van der Waals surface area contributed by atoms with Gasteiger partial charge in [-0.15, -0.1) is 0 Å². The summed E-state index contributed by atoms with van der Waals surface area (Å²) in [6.07, 6.45) is 10.1. The maximum Gasteiger partial charge on any atom is 0.175 e. The Balaban J connectivity index is 1.80. The van der Waals surface area contributed by atoms with Crippen LogP contribution in [0.4, 0.5) is 0 Å². The van der Waals surface area contributed by atoms with Crippen molar-refractivity contribution in [2.24, 2.45) is 5.92 Å². The van der Waals surface area contributed by atoms with E-state index >= 15 is 0 Å². The van der Waals surface area contributed by atoms with Gasteiger partial charge in [0.05, 0.1) is 18.2 Å². The molecule has 0 bridgehead atoms. The fourth-order valence-corrected chi connectivity index (χ4v) is 4.47. The van der Waals surface area contributed by atoms with E-state index in [9.17, 15) is 8.42 Å². The van der Waals surface area contributed by atoms with E-state index in [2.05, 4.69) is 22.1 Å². The van der Waals surface area contributed by atoms with E-state index in [1.807, 2.05) is 18.2 Å². The molecule has 0 atom stereocenters. The Morgan fingerprint density at radius 1 is 1.18 bits per heavy atom. The van der Waals surface area contributed by atoms with Crippen LogP contribution in [0.25, 0.3) is 16.6 Å². The molecule has 1 aliphatic carbocycles. The van der Waals surface area contributed by atoms with Crippen LogP contribution in [-0.4, -0.2) is 31.8 Å². The van der Waals surface area contributed by atoms with E-state index in [1.54, 1.807) is 25.4 Å². The maximum absolute atomic E-state index is 11.8. The zero-order valence-electron chi connectivity index (χ0n) is 16.1. The number of aromatic nitrogens is 2. The molecule has 28 heavy (non-hydrogen) atoms. The van der Waals surface area contributed by atoms with Crippen molar-refractivity contribution in [1.82, 2.24) is 9.97 Å². The second-order valence-corrected chi connectivity index (χ2v) is 9.43. The number of allylic oxidation sites excluding steroid dienone is 1. The molecule has 1 aromatic carbocycles. The molecule has 0 spiro atoms. The normalized spacial score (nSPS) is 16.0. The number of methoxy groups -OCH3 is 1. The molecule has 6 heteroatoms. The Kier molecular flexibility index (Phi) is 4.98. The summed E-state index contributed by atoms with van der Waals surface area (Å²) in [6.45, 7) is 0. The average molecular weight is 397 g/mol. The Hall–Kier alpha value is -2.60. The van der Waals surface area contributed by atoms with Gasteiger partial charge >= 0.3 is 0 Å².